The molecule has 5 heteroatoms. The van der Waals surface area contributed by atoms with Crippen LogP contribution in [0.4, 0.5) is 5.69 Å². The maximum atomic E-state index is 11.4. The van der Waals surface area contributed by atoms with E-state index in [9.17, 15) is 4.79 Å². The Morgan fingerprint density at radius 1 is 1.35 bits per heavy atom. The van der Waals surface area contributed by atoms with E-state index in [4.69, 9.17) is 11.6 Å². The predicted molar refractivity (Wildman–Crippen MR) is 85.4 cm³/mol. The van der Waals surface area contributed by atoms with Gasteiger partial charge in [-0.1, -0.05) is 17.7 Å². The van der Waals surface area contributed by atoms with Crippen LogP contribution in [0.1, 0.15) is 26.3 Å². The summed E-state index contributed by atoms with van der Waals surface area (Å²) >= 11 is 6.31. The second-order valence-corrected chi connectivity index (χ2v) is 6.32. The number of likely N-dealkylation sites (N-methyl/N-ethyl adjacent to an activating group) is 2. The fraction of sp³-hybridized carbons (Fsp3) is 0.533. The van der Waals surface area contributed by atoms with Gasteiger partial charge >= 0.3 is 0 Å². The van der Waals surface area contributed by atoms with Crippen LogP contribution in [-0.4, -0.2) is 32.1 Å². The molecule has 0 radical (unpaired) electrons. The van der Waals surface area contributed by atoms with Crippen LogP contribution < -0.4 is 15.5 Å². The summed E-state index contributed by atoms with van der Waals surface area (Å²) < 4.78 is 0. The highest BCUT2D eigenvalue weighted by Crippen LogP contribution is 2.23. The van der Waals surface area contributed by atoms with E-state index in [0.29, 0.717) is 11.6 Å². The Morgan fingerprint density at radius 3 is 2.50 bits per heavy atom. The van der Waals surface area contributed by atoms with Gasteiger partial charge < -0.3 is 15.5 Å². The van der Waals surface area contributed by atoms with Crippen molar-refractivity contribution in [2.75, 3.05) is 25.5 Å². The van der Waals surface area contributed by atoms with E-state index in [1.165, 1.54) is 0 Å². The van der Waals surface area contributed by atoms with Crippen LogP contribution in [0.5, 0.6) is 0 Å². The SMILES string of the molecule is CNC(=O)CN(C)c1ccc(CNC(C)(C)C)c(Cl)c1. The third-order valence-corrected chi connectivity index (χ3v) is 3.30. The third kappa shape index (κ3) is 5.39. The van der Waals surface area contributed by atoms with Gasteiger partial charge in [-0.05, 0) is 38.5 Å². The topological polar surface area (TPSA) is 44.4 Å². The first-order chi connectivity index (χ1) is 9.23. The number of rotatable bonds is 5. The molecule has 0 saturated carbocycles. The average Bonchev–Trinajstić information content (AvgIpc) is 2.35. The highest BCUT2D eigenvalue weighted by Gasteiger charge is 2.11. The summed E-state index contributed by atoms with van der Waals surface area (Å²) in [5.74, 6) is -0.0258. The van der Waals surface area contributed by atoms with Crippen molar-refractivity contribution in [3.8, 4) is 0 Å². The molecule has 0 atom stereocenters. The molecule has 0 aromatic heterocycles. The zero-order chi connectivity index (χ0) is 15.3. The standard InChI is InChI=1S/C15H24ClN3O/c1-15(2,3)18-9-11-6-7-12(8-13(11)16)19(5)10-14(20)17-4/h6-8,18H,9-10H2,1-5H3,(H,17,20). The molecular weight excluding hydrogens is 274 g/mol. The van der Waals surface area contributed by atoms with E-state index < -0.39 is 0 Å². The minimum atomic E-state index is -0.0258. The second kappa shape index (κ2) is 6.95. The third-order valence-electron chi connectivity index (χ3n) is 2.95. The molecule has 1 rings (SSSR count). The smallest absolute Gasteiger partial charge is 0.239 e. The van der Waals surface area contributed by atoms with Gasteiger partial charge in [0.2, 0.25) is 5.91 Å². The molecule has 0 unspecified atom stereocenters. The number of anilines is 1. The molecule has 0 aliphatic heterocycles. The first-order valence-electron chi connectivity index (χ1n) is 6.68. The van der Waals surface area contributed by atoms with Crippen LogP contribution in [0.25, 0.3) is 0 Å². The van der Waals surface area contributed by atoms with Crippen LogP contribution in [-0.2, 0) is 11.3 Å². The van der Waals surface area contributed by atoms with Gasteiger partial charge in [0.05, 0.1) is 6.54 Å². The van der Waals surface area contributed by atoms with Crippen molar-refractivity contribution in [1.29, 1.82) is 0 Å². The Balaban J connectivity index is 2.74. The maximum Gasteiger partial charge on any atom is 0.239 e. The van der Waals surface area contributed by atoms with Gasteiger partial charge in [0.1, 0.15) is 0 Å². The molecule has 0 saturated heterocycles. The quantitative estimate of drug-likeness (QED) is 0.877. The Morgan fingerprint density at radius 2 is 2.00 bits per heavy atom. The van der Waals surface area contributed by atoms with Gasteiger partial charge in [0.25, 0.3) is 0 Å². The number of nitrogens with one attached hydrogen (secondary N) is 2. The van der Waals surface area contributed by atoms with E-state index in [-0.39, 0.29) is 11.4 Å². The van der Waals surface area contributed by atoms with Crippen molar-refractivity contribution in [2.24, 2.45) is 0 Å². The Hall–Kier alpha value is -1.26. The molecular formula is C15H24ClN3O. The largest absolute Gasteiger partial charge is 0.365 e. The van der Waals surface area contributed by atoms with Crippen LogP contribution in [0.2, 0.25) is 5.02 Å². The number of benzene rings is 1. The molecule has 112 valence electrons. The normalized spacial score (nSPS) is 11.3. The van der Waals surface area contributed by atoms with Gasteiger partial charge in [0.15, 0.2) is 0 Å². The molecule has 0 heterocycles. The zero-order valence-electron chi connectivity index (χ0n) is 12.9. The Labute approximate surface area is 126 Å². The van der Waals surface area contributed by atoms with E-state index >= 15 is 0 Å². The molecule has 1 aromatic carbocycles. The number of hydrogen-bond acceptors (Lipinski definition) is 3. The zero-order valence-corrected chi connectivity index (χ0v) is 13.6. The minimum absolute atomic E-state index is 0.0258. The number of carbonyl (C=O) groups is 1. The second-order valence-electron chi connectivity index (χ2n) is 5.91. The monoisotopic (exact) mass is 297 g/mol. The fourth-order valence-corrected chi connectivity index (χ4v) is 1.90. The Bertz CT molecular complexity index is 469. The number of halogens is 1. The number of carbonyl (C=O) groups excluding carboxylic acids is 1. The van der Waals surface area contributed by atoms with Gasteiger partial charge in [-0.15, -0.1) is 0 Å². The number of nitrogens with zero attached hydrogens (tertiary/aromatic N) is 1. The lowest BCUT2D eigenvalue weighted by atomic mass is 10.1. The highest BCUT2D eigenvalue weighted by molar-refractivity contribution is 6.31. The summed E-state index contributed by atoms with van der Waals surface area (Å²) in [5.41, 5.74) is 2.04. The predicted octanol–water partition coefficient (Wildman–Crippen LogP) is 2.41. The molecule has 20 heavy (non-hydrogen) atoms. The van der Waals surface area contributed by atoms with Crippen molar-refractivity contribution in [3.05, 3.63) is 28.8 Å². The van der Waals surface area contributed by atoms with Gasteiger partial charge in [-0.2, -0.15) is 0 Å². The van der Waals surface area contributed by atoms with Crippen LogP contribution in [0.15, 0.2) is 18.2 Å². The average molecular weight is 298 g/mol. The number of amides is 1. The maximum absolute atomic E-state index is 11.4. The van der Waals surface area contributed by atoms with E-state index in [2.05, 4.69) is 31.4 Å². The lowest BCUT2D eigenvalue weighted by Gasteiger charge is -2.22. The highest BCUT2D eigenvalue weighted by atomic mass is 35.5. The van der Waals surface area contributed by atoms with Gasteiger partial charge in [-0.3, -0.25) is 4.79 Å². The van der Waals surface area contributed by atoms with Crippen molar-refractivity contribution in [3.63, 3.8) is 0 Å². The first-order valence-corrected chi connectivity index (χ1v) is 7.06. The molecule has 1 amide bonds. The van der Waals surface area contributed by atoms with Gasteiger partial charge in [-0.25, -0.2) is 0 Å². The summed E-state index contributed by atoms with van der Waals surface area (Å²) in [4.78, 5) is 13.2. The van der Waals surface area contributed by atoms with Crippen molar-refractivity contribution in [2.45, 2.75) is 32.9 Å². The summed E-state index contributed by atoms with van der Waals surface area (Å²) in [6.07, 6.45) is 0. The molecule has 0 spiro atoms. The van der Waals surface area contributed by atoms with Crippen LogP contribution in [0.3, 0.4) is 0 Å². The summed E-state index contributed by atoms with van der Waals surface area (Å²) in [6, 6.07) is 5.87. The summed E-state index contributed by atoms with van der Waals surface area (Å²) in [5, 5.41) is 6.72. The molecule has 0 aliphatic carbocycles. The van der Waals surface area contributed by atoms with Crippen LogP contribution >= 0.6 is 11.6 Å². The van der Waals surface area contributed by atoms with E-state index in [0.717, 1.165) is 17.8 Å². The fourth-order valence-electron chi connectivity index (χ4n) is 1.66. The van der Waals surface area contributed by atoms with Crippen LogP contribution in [0, 0.1) is 0 Å². The number of hydrogen-bond donors (Lipinski definition) is 2. The van der Waals surface area contributed by atoms with E-state index in [1.54, 1.807) is 7.05 Å². The van der Waals surface area contributed by atoms with Crippen molar-refractivity contribution >= 4 is 23.2 Å². The Kier molecular flexibility index (Phi) is 5.84. The molecule has 0 fully saturated rings. The lowest BCUT2D eigenvalue weighted by Crippen LogP contribution is -2.35. The van der Waals surface area contributed by atoms with E-state index in [1.807, 2.05) is 30.1 Å². The lowest BCUT2D eigenvalue weighted by molar-refractivity contribution is -0.119. The molecule has 2 N–H and O–H groups in total. The van der Waals surface area contributed by atoms with Crippen molar-refractivity contribution in [1.82, 2.24) is 10.6 Å². The summed E-state index contributed by atoms with van der Waals surface area (Å²) in [7, 11) is 3.50. The molecule has 1 aromatic rings. The van der Waals surface area contributed by atoms with Gasteiger partial charge in [0, 0.05) is 36.9 Å². The molecule has 0 bridgehead atoms. The summed E-state index contributed by atoms with van der Waals surface area (Å²) in [6.45, 7) is 7.39. The molecule has 4 nitrogen and oxygen atoms in total. The minimum Gasteiger partial charge on any atom is -0.365 e. The molecule has 0 aliphatic rings. The van der Waals surface area contributed by atoms with Crippen molar-refractivity contribution < 1.29 is 4.79 Å². The first kappa shape index (κ1) is 16.8.